The first-order valence-corrected chi connectivity index (χ1v) is 3.83. The predicted molar refractivity (Wildman–Crippen MR) is 35.5 cm³/mol. The van der Waals surface area contributed by atoms with E-state index >= 15 is 0 Å². The summed E-state index contributed by atoms with van der Waals surface area (Å²) in [5, 5.41) is 0. The lowest BCUT2D eigenvalue weighted by Crippen LogP contribution is -2.49. The normalized spacial score (nSPS) is 48.7. The number of halogens is 4. The summed E-state index contributed by atoms with van der Waals surface area (Å²) in [5.74, 6) is -5.54. The number of fused-ring (bicyclic) bond motifs is 2. The molecule has 0 aromatic heterocycles. The molecule has 68 valence electrons. The Balaban J connectivity index is 2.42. The molecular formula is C8H8F4. The van der Waals surface area contributed by atoms with Crippen LogP contribution in [0.2, 0.25) is 0 Å². The van der Waals surface area contributed by atoms with E-state index in [-0.39, 0.29) is 6.42 Å². The van der Waals surface area contributed by atoms with Gasteiger partial charge in [-0.15, -0.1) is 0 Å². The number of hydrogen-bond donors (Lipinski definition) is 0. The van der Waals surface area contributed by atoms with Gasteiger partial charge in [0.05, 0.1) is 0 Å². The molecule has 0 heterocycles. The average molecular weight is 180 g/mol. The fraction of sp³-hybridized carbons (Fsp3) is 0.750. The number of allylic oxidation sites excluding steroid dienone is 2. The van der Waals surface area contributed by atoms with Gasteiger partial charge in [0.25, 0.3) is 5.92 Å². The molecule has 0 radical (unpaired) electrons. The van der Waals surface area contributed by atoms with Crippen LogP contribution in [0.25, 0.3) is 0 Å². The van der Waals surface area contributed by atoms with E-state index in [9.17, 15) is 17.6 Å². The molecule has 1 saturated carbocycles. The van der Waals surface area contributed by atoms with E-state index in [1.165, 1.54) is 12.2 Å². The van der Waals surface area contributed by atoms with Gasteiger partial charge in [0.15, 0.2) is 0 Å². The SMILES string of the molecule is FCC1(F)C2C=CC(C2)C1(F)F. The molecule has 3 atom stereocenters. The van der Waals surface area contributed by atoms with Crippen molar-refractivity contribution in [2.45, 2.75) is 18.0 Å². The maximum atomic E-state index is 13.3. The smallest absolute Gasteiger partial charge is 0.247 e. The highest BCUT2D eigenvalue weighted by molar-refractivity contribution is 5.24. The molecule has 0 nitrogen and oxygen atoms in total. The summed E-state index contributed by atoms with van der Waals surface area (Å²) in [6.07, 6.45) is 2.70. The van der Waals surface area contributed by atoms with E-state index in [0.29, 0.717) is 0 Å². The first-order chi connectivity index (χ1) is 5.52. The molecule has 1 fully saturated rings. The van der Waals surface area contributed by atoms with Gasteiger partial charge in [0.2, 0.25) is 5.67 Å². The fourth-order valence-electron chi connectivity index (χ4n) is 2.05. The van der Waals surface area contributed by atoms with Gasteiger partial charge in [-0.1, -0.05) is 12.2 Å². The second-order valence-electron chi connectivity index (χ2n) is 3.45. The highest BCUT2D eigenvalue weighted by Crippen LogP contribution is 2.58. The lowest BCUT2D eigenvalue weighted by molar-refractivity contribution is -0.152. The quantitative estimate of drug-likeness (QED) is 0.429. The van der Waals surface area contributed by atoms with Crippen LogP contribution in [0.15, 0.2) is 12.2 Å². The molecule has 0 aromatic carbocycles. The minimum absolute atomic E-state index is 0.0490. The van der Waals surface area contributed by atoms with Crippen LogP contribution in [-0.2, 0) is 0 Å². The molecule has 3 unspecified atom stereocenters. The van der Waals surface area contributed by atoms with Crippen LogP contribution in [0, 0.1) is 11.8 Å². The first kappa shape index (κ1) is 8.08. The fourth-order valence-corrected chi connectivity index (χ4v) is 2.05. The van der Waals surface area contributed by atoms with E-state index in [2.05, 4.69) is 0 Å². The maximum Gasteiger partial charge on any atom is 0.290 e. The Morgan fingerprint density at radius 2 is 1.75 bits per heavy atom. The molecule has 2 aliphatic rings. The lowest BCUT2D eigenvalue weighted by atomic mass is 9.88. The molecule has 0 saturated heterocycles. The maximum absolute atomic E-state index is 13.3. The Morgan fingerprint density at radius 3 is 2.08 bits per heavy atom. The summed E-state index contributed by atoms with van der Waals surface area (Å²) in [6.45, 7) is -1.59. The molecule has 12 heavy (non-hydrogen) atoms. The van der Waals surface area contributed by atoms with Crippen LogP contribution in [-0.4, -0.2) is 18.3 Å². The summed E-state index contributed by atoms with van der Waals surface area (Å²) in [4.78, 5) is 0. The average Bonchev–Trinajstić information content (AvgIpc) is 2.55. The van der Waals surface area contributed by atoms with Crippen molar-refractivity contribution in [3.05, 3.63) is 12.2 Å². The molecular weight excluding hydrogens is 172 g/mol. The van der Waals surface area contributed by atoms with Gasteiger partial charge in [-0.25, -0.2) is 17.6 Å². The zero-order valence-corrected chi connectivity index (χ0v) is 6.24. The van der Waals surface area contributed by atoms with Gasteiger partial charge in [0.1, 0.15) is 6.67 Å². The minimum atomic E-state index is -3.51. The van der Waals surface area contributed by atoms with Crippen molar-refractivity contribution in [2.24, 2.45) is 11.8 Å². The molecule has 0 amide bonds. The third-order valence-corrected chi connectivity index (χ3v) is 2.89. The molecule has 0 aromatic rings. The third kappa shape index (κ3) is 0.643. The van der Waals surface area contributed by atoms with Crippen molar-refractivity contribution in [3.8, 4) is 0 Å². The molecule has 2 rings (SSSR count). The van der Waals surface area contributed by atoms with E-state index in [0.717, 1.165) is 0 Å². The van der Waals surface area contributed by atoms with Crippen molar-refractivity contribution >= 4 is 0 Å². The topological polar surface area (TPSA) is 0 Å². The second-order valence-corrected chi connectivity index (χ2v) is 3.45. The van der Waals surface area contributed by atoms with Crippen molar-refractivity contribution < 1.29 is 17.6 Å². The van der Waals surface area contributed by atoms with Crippen LogP contribution in [0.5, 0.6) is 0 Å². The highest BCUT2D eigenvalue weighted by Gasteiger charge is 2.69. The highest BCUT2D eigenvalue weighted by atomic mass is 19.3. The monoisotopic (exact) mass is 180 g/mol. The largest absolute Gasteiger partial charge is 0.290 e. The van der Waals surface area contributed by atoms with Crippen LogP contribution in [0.1, 0.15) is 6.42 Å². The van der Waals surface area contributed by atoms with Gasteiger partial charge in [-0.05, 0) is 6.42 Å². The predicted octanol–water partition coefficient (Wildman–Crippen LogP) is 2.51. The Labute approximate surface area is 67.3 Å². The van der Waals surface area contributed by atoms with Crippen LogP contribution in [0.4, 0.5) is 17.6 Å². The molecule has 2 bridgehead atoms. The Hall–Kier alpha value is -0.540. The molecule has 0 N–H and O–H groups in total. The van der Waals surface area contributed by atoms with Gasteiger partial charge in [-0.3, -0.25) is 0 Å². The van der Waals surface area contributed by atoms with Gasteiger partial charge in [0, 0.05) is 11.8 Å². The lowest BCUT2D eigenvalue weighted by Gasteiger charge is -2.31. The molecule has 2 aliphatic carbocycles. The van der Waals surface area contributed by atoms with Crippen LogP contribution < -0.4 is 0 Å². The standard InChI is InChI=1S/C8H8F4/c9-4-7(10)5-1-2-6(3-5)8(7,11)12/h1-2,5-6H,3-4H2. The van der Waals surface area contributed by atoms with Gasteiger partial charge >= 0.3 is 0 Å². The third-order valence-electron chi connectivity index (χ3n) is 2.89. The molecule has 0 aliphatic heterocycles. The van der Waals surface area contributed by atoms with Crippen LogP contribution in [0.3, 0.4) is 0 Å². The van der Waals surface area contributed by atoms with Crippen LogP contribution >= 0.6 is 0 Å². The first-order valence-electron chi connectivity index (χ1n) is 3.83. The Morgan fingerprint density at radius 1 is 1.17 bits per heavy atom. The van der Waals surface area contributed by atoms with E-state index in [1.807, 2.05) is 0 Å². The minimum Gasteiger partial charge on any atom is -0.247 e. The molecule has 4 heteroatoms. The Kier molecular flexibility index (Phi) is 1.37. The summed E-state index contributed by atoms with van der Waals surface area (Å²) >= 11 is 0. The zero-order valence-electron chi connectivity index (χ0n) is 6.24. The Bertz CT molecular complexity index is 235. The summed E-state index contributed by atoms with van der Waals surface area (Å²) < 4.78 is 51.5. The van der Waals surface area contributed by atoms with Crippen molar-refractivity contribution in [3.63, 3.8) is 0 Å². The number of alkyl halides is 4. The van der Waals surface area contributed by atoms with E-state index < -0.39 is 30.1 Å². The van der Waals surface area contributed by atoms with E-state index in [1.54, 1.807) is 0 Å². The molecule has 0 spiro atoms. The van der Waals surface area contributed by atoms with E-state index in [4.69, 9.17) is 0 Å². The zero-order chi connectivity index (χ0) is 8.98. The summed E-state index contributed by atoms with van der Waals surface area (Å²) in [7, 11) is 0. The van der Waals surface area contributed by atoms with Gasteiger partial charge in [-0.2, -0.15) is 0 Å². The summed E-state index contributed by atoms with van der Waals surface area (Å²) in [5.41, 5.74) is -2.94. The van der Waals surface area contributed by atoms with Gasteiger partial charge < -0.3 is 0 Å². The van der Waals surface area contributed by atoms with Crippen molar-refractivity contribution in [1.82, 2.24) is 0 Å². The summed E-state index contributed by atoms with van der Waals surface area (Å²) in [6, 6.07) is 0. The number of hydrogen-bond acceptors (Lipinski definition) is 0. The number of rotatable bonds is 1. The van der Waals surface area contributed by atoms with Crippen molar-refractivity contribution in [2.75, 3.05) is 6.67 Å². The van der Waals surface area contributed by atoms with Crippen molar-refractivity contribution in [1.29, 1.82) is 0 Å². The second kappa shape index (κ2) is 2.03.